The van der Waals surface area contributed by atoms with Crippen LogP contribution in [-0.2, 0) is 22.4 Å². The Kier molecular flexibility index (Phi) is 10.5. The minimum atomic E-state index is -1.18. The second-order valence-corrected chi connectivity index (χ2v) is 10.3. The first-order chi connectivity index (χ1) is 19.3. The molecule has 0 spiro atoms. The lowest BCUT2D eigenvalue weighted by atomic mass is 10.1. The van der Waals surface area contributed by atoms with Gasteiger partial charge in [0, 0.05) is 43.9 Å². The molecule has 2 atom stereocenters. The van der Waals surface area contributed by atoms with E-state index in [1.807, 2.05) is 4.90 Å². The maximum Gasteiger partial charge on any atom is 0.326 e. The predicted molar refractivity (Wildman–Crippen MR) is 151 cm³/mol. The van der Waals surface area contributed by atoms with Gasteiger partial charge in [0.2, 0.25) is 0 Å². The van der Waals surface area contributed by atoms with Gasteiger partial charge in [-0.2, -0.15) is 0 Å². The number of aromatic nitrogens is 3. The van der Waals surface area contributed by atoms with Crippen LogP contribution in [0.5, 0.6) is 0 Å². The second kappa shape index (κ2) is 14.3. The highest BCUT2D eigenvalue weighted by Gasteiger charge is 2.22. The van der Waals surface area contributed by atoms with Crippen LogP contribution in [0.1, 0.15) is 42.8 Å². The fourth-order valence-corrected chi connectivity index (χ4v) is 5.02. The van der Waals surface area contributed by atoms with Gasteiger partial charge < -0.3 is 25.4 Å². The molecule has 3 aromatic rings. The molecule has 3 N–H and O–H groups in total. The molecule has 0 fully saturated rings. The van der Waals surface area contributed by atoms with E-state index in [2.05, 4.69) is 32.7 Å². The highest BCUT2D eigenvalue weighted by molar-refractivity contribution is 5.91. The Hall–Kier alpha value is -3.44. The van der Waals surface area contributed by atoms with E-state index in [0.29, 0.717) is 35.6 Å². The van der Waals surface area contributed by atoms with Crippen molar-refractivity contribution in [1.82, 2.24) is 19.9 Å². The Morgan fingerprint density at radius 2 is 2.05 bits per heavy atom. The first-order valence-corrected chi connectivity index (χ1v) is 13.8. The maximum absolute atomic E-state index is 14.5. The number of carboxylic acid groups (broad SMARTS) is 1. The number of carbonyl (C=O) groups is 1. The van der Waals surface area contributed by atoms with Gasteiger partial charge in [-0.1, -0.05) is 6.07 Å². The van der Waals surface area contributed by atoms with Crippen molar-refractivity contribution in [3.63, 3.8) is 0 Å². The topological polar surface area (TPSA) is 113 Å². The summed E-state index contributed by atoms with van der Waals surface area (Å²) in [7, 11) is 1.46. The van der Waals surface area contributed by atoms with Crippen LogP contribution < -0.4 is 10.6 Å². The zero-order valence-corrected chi connectivity index (χ0v) is 23.1. The number of methoxy groups -OCH3 is 1. The molecule has 1 aliphatic heterocycles. The lowest BCUT2D eigenvalue weighted by molar-refractivity contribution is -0.138. The smallest absolute Gasteiger partial charge is 0.326 e. The van der Waals surface area contributed by atoms with Crippen molar-refractivity contribution in [3.05, 3.63) is 53.2 Å². The minimum Gasteiger partial charge on any atom is -0.480 e. The Balaban J connectivity index is 1.36. The number of pyridine rings is 1. The molecule has 0 aliphatic carbocycles. The third-order valence-corrected chi connectivity index (χ3v) is 7.03. The fourth-order valence-electron chi connectivity index (χ4n) is 5.02. The SMILES string of the molecule is COCC(F)CN(CCCCc1ccc2c(n1)NCCC2)CCC(Nc1nc(C)nc2cc(F)ccc12)C(=O)O. The number of aryl methyl sites for hydroxylation is 3. The molecule has 11 heteroatoms. The minimum absolute atomic E-state index is 0.0219. The van der Waals surface area contributed by atoms with Gasteiger partial charge in [0.05, 0.1) is 12.1 Å². The first-order valence-electron chi connectivity index (χ1n) is 13.8. The van der Waals surface area contributed by atoms with Crippen molar-refractivity contribution in [2.45, 2.75) is 57.7 Å². The van der Waals surface area contributed by atoms with Gasteiger partial charge >= 0.3 is 5.97 Å². The van der Waals surface area contributed by atoms with Crippen molar-refractivity contribution in [3.8, 4) is 0 Å². The largest absolute Gasteiger partial charge is 0.480 e. The summed E-state index contributed by atoms with van der Waals surface area (Å²) < 4.78 is 33.2. The van der Waals surface area contributed by atoms with Crippen LogP contribution in [0.4, 0.5) is 20.4 Å². The van der Waals surface area contributed by atoms with E-state index in [9.17, 15) is 18.7 Å². The van der Waals surface area contributed by atoms with E-state index in [0.717, 1.165) is 50.2 Å². The number of nitrogens with zero attached hydrogens (tertiary/aromatic N) is 4. The van der Waals surface area contributed by atoms with E-state index >= 15 is 0 Å². The standard InChI is InChI=1S/C29H38F2N6O3/c1-19-33-26-16-21(30)9-11-24(26)28(34-19)36-25(29(38)39)12-15-37(17-22(31)18-40-2)14-4-3-7-23-10-8-20-6-5-13-32-27(20)35-23/h8-11,16,22,25H,3-7,12-15,17-18H2,1-2H3,(H,32,35)(H,38,39)(H,33,34,36). The molecule has 3 heterocycles. The van der Waals surface area contributed by atoms with Crippen LogP contribution in [0.2, 0.25) is 0 Å². The molecule has 2 unspecified atom stereocenters. The summed E-state index contributed by atoms with van der Waals surface area (Å²) in [6.45, 7) is 3.73. The second-order valence-electron chi connectivity index (χ2n) is 10.3. The summed E-state index contributed by atoms with van der Waals surface area (Å²) in [5.41, 5.74) is 2.68. The molecule has 4 rings (SSSR count). The molecule has 9 nitrogen and oxygen atoms in total. The first kappa shape index (κ1) is 29.5. The Bertz CT molecular complexity index is 1290. The molecular formula is C29H38F2N6O3. The van der Waals surface area contributed by atoms with E-state index < -0.39 is 24.0 Å². The number of halogens is 2. The van der Waals surface area contributed by atoms with Crippen LogP contribution in [0.25, 0.3) is 10.9 Å². The predicted octanol–water partition coefficient (Wildman–Crippen LogP) is 4.40. The number of anilines is 2. The molecule has 1 aromatic carbocycles. The molecule has 216 valence electrons. The normalized spacial score (nSPS) is 14.5. The van der Waals surface area contributed by atoms with Crippen molar-refractivity contribution in [2.24, 2.45) is 0 Å². The highest BCUT2D eigenvalue weighted by atomic mass is 19.1. The van der Waals surface area contributed by atoms with Gasteiger partial charge in [0.15, 0.2) is 0 Å². The van der Waals surface area contributed by atoms with Gasteiger partial charge in [-0.05, 0) is 75.8 Å². The number of nitrogens with one attached hydrogen (secondary N) is 2. The summed E-state index contributed by atoms with van der Waals surface area (Å²) in [5, 5.41) is 16.8. The van der Waals surface area contributed by atoms with Gasteiger partial charge in [-0.25, -0.2) is 28.5 Å². The lowest BCUT2D eigenvalue weighted by Gasteiger charge is -2.26. The number of aliphatic carboxylic acids is 1. The highest BCUT2D eigenvalue weighted by Crippen LogP contribution is 2.23. The molecule has 0 saturated carbocycles. The van der Waals surface area contributed by atoms with Crippen molar-refractivity contribution < 1.29 is 23.4 Å². The lowest BCUT2D eigenvalue weighted by Crippen LogP contribution is -2.39. The number of fused-ring (bicyclic) bond motifs is 2. The van der Waals surface area contributed by atoms with Crippen LogP contribution >= 0.6 is 0 Å². The quantitative estimate of drug-likeness (QED) is 0.235. The Morgan fingerprint density at radius 3 is 2.85 bits per heavy atom. The van der Waals surface area contributed by atoms with E-state index in [1.165, 1.54) is 30.9 Å². The number of hydrogen-bond donors (Lipinski definition) is 3. The molecule has 0 bridgehead atoms. The number of ether oxygens (including phenoxy) is 1. The summed E-state index contributed by atoms with van der Waals surface area (Å²) >= 11 is 0. The van der Waals surface area contributed by atoms with Crippen LogP contribution in [0, 0.1) is 12.7 Å². The number of hydrogen-bond acceptors (Lipinski definition) is 8. The molecule has 40 heavy (non-hydrogen) atoms. The third kappa shape index (κ3) is 8.28. The zero-order chi connectivity index (χ0) is 28.5. The van der Waals surface area contributed by atoms with E-state index in [4.69, 9.17) is 9.72 Å². The molecule has 2 aromatic heterocycles. The molecule has 0 saturated heterocycles. The average molecular weight is 557 g/mol. The monoisotopic (exact) mass is 556 g/mol. The van der Waals surface area contributed by atoms with Gasteiger partial charge in [0.1, 0.15) is 35.5 Å². The molecule has 1 aliphatic rings. The Labute approximate surface area is 233 Å². The maximum atomic E-state index is 14.5. The third-order valence-electron chi connectivity index (χ3n) is 7.03. The van der Waals surface area contributed by atoms with Gasteiger partial charge in [0.25, 0.3) is 0 Å². The van der Waals surface area contributed by atoms with Crippen molar-refractivity contribution in [1.29, 1.82) is 0 Å². The summed E-state index contributed by atoms with van der Waals surface area (Å²) in [6.07, 6.45) is 3.73. The van der Waals surface area contributed by atoms with Crippen LogP contribution in [-0.4, -0.2) is 83.0 Å². The molecule has 0 radical (unpaired) electrons. The Morgan fingerprint density at radius 1 is 1.20 bits per heavy atom. The van der Waals surface area contributed by atoms with E-state index in [-0.39, 0.29) is 19.6 Å². The zero-order valence-electron chi connectivity index (χ0n) is 23.1. The van der Waals surface area contributed by atoms with Gasteiger partial charge in [-0.15, -0.1) is 0 Å². The summed E-state index contributed by atoms with van der Waals surface area (Å²) in [5.74, 6) is 0.228. The summed E-state index contributed by atoms with van der Waals surface area (Å²) in [4.78, 5) is 27.5. The number of rotatable bonds is 15. The average Bonchev–Trinajstić information content (AvgIpc) is 2.92. The fraction of sp³-hybridized carbons (Fsp3) is 0.517. The van der Waals surface area contributed by atoms with E-state index in [1.54, 1.807) is 6.92 Å². The van der Waals surface area contributed by atoms with Crippen molar-refractivity contribution in [2.75, 3.05) is 50.5 Å². The summed E-state index contributed by atoms with van der Waals surface area (Å²) in [6, 6.07) is 7.36. The molecule has 0 amide bonds. The van der Waals surface area contributed by atoms with Crippen molar-refractivity contribution >= 4 is 28.5 Å². The number of benzene rings is 1. The number of unbranched alkanes of at least 4 members (excludes halogenated alkanes) is 1. The molecular weight excluding hydrogens is 518 g/mol. The van der Waals surface area contributed by atoms with Crippen LogP contribution in [0.15, 0.2) is 30.3 Å². The number of carboxylic acids is 1. The van der Waals surface area contributed by atoms with Crippen LogP contribution in [0.3, 0.4) is 0 Å². The van der Waals surface area contributed by atoms with Gasteiger partial charge in [-0.3, -0.25) is 0 Å². The number of alkyl halides is 1.